The molecule has 0 radical (unpaired) electrons. The Hall–Kier alpha value is -1.62. The molecule has 1 N–H and O–H groups in total. The van der Waals surface area contributed by atoms with Gasteiger partial charge in [0.1, 0.15) is 23.0 Å². The highest BCUT2D eigenvalue weighted by Gasteiger charge is 2.16. The Balaban J connectivity index is 2.90. The SMILES string of the molecule is COc1cc(OC)c2c(O)cc(OC)c(Br)c2c1. The normalized spacial score (nSPS) is 10.4. The van der Waals surface area contributed by atoms with Crippen LogP contribution in [-0.4, -0.2) is 26.4 Å². The van der Waals surface area contributed by atoms with Crippen molar-refractivity contribution in [1.82, 2.24) is 0 Å². The summed E-state index contributed by atoms with van der Waals surface area (Å²) in [5, 5.41) is 11.4. The number of rotatable bonds is 3. The summed E-state index contributed by atoms with van der Waals surface area (Å²) in [7, 11) is 4.67. The predicted octanol–water partition coefficient (Wildman–Crippen LogP) is 3.33. The van der Waals surface area contributed by atoms with E-state index in [1.165, 1.54) is 0 Å². The van der Waals surface area contributed by atoms with Crippen molar-refractivity contribution in [2.24, 2.45) is 0 Å². The van der Waals surface area contributed by atoms with Gasteiger partial charge in [-0.1, -0.05) is 0 Å². The van der Waals surface area contributed by atoms with Gasteiger partial charge >= 0.3 is 0 Å². The highest BCUT2D eigenvalue weighted by Crippen LogP contribution is 2.44. The number of hydrogen-bond acceptors (Lipinski definition) is 4. The van der Waals surface area contributed by atoms with Crippen molar-refractivity contribution in [1.29, 1.82) is 0 Å². The molecule has 2 aromatic carbocycles. The van der Waals surface area contributed by atoms with E-state index >= 15 is 0 Å². The van der Waals surface area contributed by atoms with Crippen molar-refractivity contribution in [3.8, 4) is 23.0 Å². The molecular weight excluding hydrogens is 300 g/mol. The molecule has 0 unspecified atom stereocenters. The summed E-state index contributed by atoms with van der Waals surface area (Å²) in [5.41, 5.74) is 0. The highest BCUT2D eigenvalue weighted by atomic mass is 79.9. The Labute approximate surface area is 113 Å². The molecule has 4 nitrogen and oxygen atoms in total. The fraction of sp³-hybridized carbons (Fsp3) is 0.231. The molecule has 0 aliphatic rings. The third-order valence-corrected chi connectivity index (χ3v) is 3.55. The summed E-state index contributed by atoms with van der Waals surface area (Å²) in [5.74, 6) is 1.85. The lowest BCUT2D eigenvalue weighted by molar-refractivity contribution is 0.394. The molecule has 0 fully saturated rings. The molecule has 0 aliphatic heterocycles. The number of halogens is 1. The van der Waals surface area contributed by atoms with Gasteiger partial charge in [0.2, 0.25) is 0 Å². The summed E-state index contributed by atoms with van der Waals surface area (Å²) in [4.78, 5) is 0. The molecule has 0 bridgehead atoms. The number of ether oxygens (including phenoxy) is 3. The molecule has 0 spiro atoms. The van der Waals surface area contributed by atoms with E-state index in [1.807, 2.05) is 6.07 Å². The monoisotopic (exact) mass is 312 g/mol. The summed E-state index contributed by atoms with van der Waals surface area (Å²) in [6, 6.07) is 5.08. The molecule has 18 heavy (non-hydrogen) atoms. The largest absolute Gasteiger partial charge is 0.507 e. The van der Waals surface area contributed by atoms with Gasteiger partial charge in [-0.25, -0.2) is 0 Å². The van der Waals surface area contributed by atoms with E-state index in [-0.39, 0.29) is 5.75 Å². The molecule has 0 aliphatic carbocycles. The fourth-order valence-electron chi connectivity index (χ4n) is 1.85. The standard InChI is InChI=1S/C13H13BrO4/c1-16-7-4-8-12(10(5-7)17-2)9(15)6-11(18-3)13(8)14/h4-6,15H,1-3H3. The van der Waals surface area contributed by atoms with E-state index in [9.17, 15) is 5.11 Å². The number of benzene rings is 2. The van der Waals surface area contributed by atoms with Crippen molar-refractivity contribution >= 4 is 26.7 Å². The lowest BCUT2D eigenvalue weighted by Crippen LogP contribution is -1.92. The molecule has 0 amide bonds. The lowest BCUT2D eigenvalue weighted by atomic mass is 10.1. The maximum Gasteiger partial charge on any atom is 0.137 e. The number of fused-ring (bicyclic) bond motifs is 1. The smallest absolute Gasteiger partial charge is 0.137 e. The summed E-state index contributed by atoms with van der Waals surface area (Å²) < 4.78 is 16.4. The average Bonchev–Trinajstić information content (AvgIpc) is 2.41. The number of phenolic OH excluding ortho intramolecular Hbond substituents is 1. The van der Waals surface area contributed by atoms with E-state index in [1.54, 1.807) is 33.5 Å². The van der Waals surface area contributed by atoms with Gasteiger partial charge in [0.25, 0.3) is 0 Å². The predicted molar refractivity (Wildman–Crippen MR) is 73.0 cm³/mol. The first-order valence-electron chi connectivity index (χ1n) is 5.23. The van der Waals surface area contributed by atoms with Gasteiger partial charge < -0.3 is 19.3 Å². The van der Waals surface area contributed by atoms with E-state index in [0.717, 1.165) is 9.86 Å². The highest BCUT2D eigenvalue weighted by molar-refractivity contribution is 9.10. The van der Waals surface area contributed by atoms with E-state index in [4.69, 9.17) is 14.2 Å². The molecular formula is C13H13BrO4. The third kappa shape index (κ3) is 1.95. The summed E-state index contributed by atoms with van der Waals surface area (Å²) in [6.07, 6.45) is 0. The molecule has 0 atom stereocenters. The average molecular weight is 313 g/mol. The van der Waals surface area contributed by atoms with Crippen molar-refractivity contribution < 1.29 is 19.3 Å². The minimum Gasteiger partial charge on any atom is -0.507 e. The van der Waals surface area contributed by atoms with Crippen molar-refractivity contribution in [3.63, 3.8) is 0 Å². The van der Waals surface area contributed by atoms with Crippen molar-refractivity contribution in [2.45, 2.75) is 0 Å². The van der Waals surface area contributed by atoms with Crippen LogP contribution in [0.3, 0.4) is 0 Å². The Morgan fingerprint density at radius 1 is 0.944 bits per heavy atom. The van der Waals surface area contributed by atoms with Gasteiger partial charge in [-0.2, -0.15) is 0 Å². The summed E-state index contributed by atoms with van der Waals surface area (Å²) >= 11 is 3.46. The van der Waals surface area contributed by atoms with E-state index < -0.39 is 0 Å². The van der Waals surface area contributed by atoms with E-state index in [2.05, 4.69) is 15.9 Å². The van der Waals surface area contributed by atoms with Crippen molar-refractivity contribution in [3.05, 3.63) is 22.7 Å². The Kier molecular flexibility index (Phi) is 3.52. The second-order valence-corrected chi connectivity index (χ2v) is 4.46. The first-order chi connectivity index (χ1) is 8.62. The molecule has 0 saturated heterocycles. The first kappa shape index (κ1) is 12.8. The minimum atomic E-state index is 0.101. The van der Waals surface area contributed by atoms with Gasteiger partial charge in [0.15, 0.2) is 0 Å². The summed E-state index contributed by atoms with van der Waals surface area (Å²) in [6.45, 7) is 0. The Morgan fingerprint density at radius 3 is 2.17 bits per heavy atom. The topological polar surface area (TPSA) is 47.9 Å². The van der Waals surface area contributed by atoms with Crippen molar-refractivity contribution in [2.75, 3.05) is 21.3 Å². The van der Waals surface area contributed by atoms with Crippen LogP contribution in [0.1, 0.15) is 0 Å². The van der Waals surface area contributed by atoms with Gasteiger partial charge in [-0.05, 0) is 22.0 Å². The zero-order valence-corrected chi connectivity index (χ0v) is 11.9. The third-order valence-electron chi connectivity index (χ3n) is 2.73. The number of phenols is 1. The maximum absolute atomic E-state index is 10.1. The molecule has 2 aromatic rings. The van der Waals surface area contributed by atoms with E-state index in [0.29, 0.717) is 22.6 Å². The second kappa shape index (κ2) is 4.94. The zero-order chi connectivity index (χ0) is 13.3. The van der Waals surface area contributed by atoms with Gasteiger partial charge in [0, 0.05) is 17.5 Å². The van der Waals surface area contributed by atoms with Crippen LogP contribution in [0.2, 0.25) is 0 Å². The van der Waals surface area contributed by atoms with Gasteiger partial charge in [-0.3, -0.25) is 0 Å². The first-order valence-corrected chi connectivity index (χ1v) is 6.02. The maximum atomic E-state index is 10.1. The number of aromatic hydroxyl groups is 1. The second-order valence-electron chi connectivity index (χ2n) is 3.66. The van der Waals surface area contributed by atoms with Gasteiger partial charge in [-0.15, -0.1) is 0 Å². The fourth-order valence-corrected chi connectivity index (χ4v) is 2.44. The van der Waals surface area contributed by atoms with Crippen LogP contribution in [-0.2, 0) is 0 Å². The molecule has 0 aromatic heterocycles. The zero-order valence-electron chi connectivity index (χ0n) is 10.3. The Bertz CT molecular complexity index is 595. The molecule has 2 rings (SSSR count). The molecule has 5 heteroatoms. The lowest BCUT2D eigenvalue weighted by Gasteiger charge is -2.13. The van der Waals surface area contributed by atoms with Crippen LogP contribution in [0.15, 0.2) is 22.7 Å². The van der Waals surface area contributed by atoms with Gasteiger partial charge in [0.05, 0.1) is 31.2 Å². The van der Waals surface area contributed by atoms with Crippen LogP contribution < -0.4 is 14.2 Å². The molecule has 96 valence electrons. The number of methoxy groups -OCH3 is 3. The molecule has 0 saturated carbocycles. The van der Waals surface area contributed by atoms with Crippen LogP contribution in [0.25, 0.3) is 10.8 Å². The van der Waals surface area contributed by atoms with Crippen LogP contribution in [0, 0.1) is 0 Å². The quantitative estimate of drug-likeness (QED) is 0.944. The van der Waals surface area contributed by atoms with Crippen LogP contribution in [0.4, 0.5) is 0 Å². The minimum absolute atomic E-state index is 0.101. The van der Waals surface area contributed by atoms with Crippen LogP contribution in [0.5, 0.6) is 23.0 Å². The Morgan fingerprint density at radius 2 is 1.61 bits per heavy atom. The molecule has 0 heterocycles. The number of hydrogen-bond donors (Lipinski definition) is 1. The van der Waals surface area contributed by atoms with Crippen LogP contribution >= 0.6 is 15.9 Å².